The fourth-order valence-corrected chi connectivity index (χ4v) is 1.51. The summed E-state index contributed by atoms with van der Waals surface area (Å²) in [7, 11) is 0. The molecule has 2 aromatic rings. The maximum atomic E-state index is 11.0. The zero-order valence-electron chi connectivity index (χ0n) is 11.7. The van der Waals surface area contributed by atoms with Crippen molar-refractivity contribution in [2.45, 2.75) is 32.9 Å². The third-order valence-electron chi connectivity index (χ3n) is 2.98. The molecule has 20 heavy (non-hydrogen) atoms. The van der Waals surface area contributed by atoms with Crippen LogP contribution in [0.5, 0.6) is 0 Å². The zero-order valence-corrected chi connectivity index (χ0v) is 11.7. The Kier molecular flexibility index (Phi) is 3.85. The number of carboxylic acids is 1. The number of aryl methyl sites for hydroxylation is 1. The van der Waals surface area contributed by atoms with E-state index in [1.165, 1.54) is 0 Å². The number of hydrogen-bond donors (Lipinski definition) is 2. The van der Waals surface area contributed by atoms with Gasteiger partial charge in [-0.15, -0.1) is 10.2 Å². The van der Waals surface area contributed by atoms with E-state index in [4.69, 9.17) is 9.52 Å². The molecule has 0 saturated carbocycles. The van der Waals surface area contributed by atoms with Gasteiger partial charge in [-0.1, -0.05) is 17.7 Å². The molecule has 0 spiro atoms. The van der Waals surface area contributed by atoms with Crippen LogP contribution in [-0.2, 0) is 11.3 Å². The van der Waals surface area contributed by atoms with Crippen LogP contribution in [0.1, 0.15) is 25.3 Å². The topological polar surface area (TPSA) is 88.2 Å². The van der Waals surface area contributed by atoms with Crippen LogP contribution in [0.15, 0.2) is 28.7 Å². The number of carboxylic acid groups (broad SMARTS) is 1. The van der Waals surface area contributed by atoms with Gasteiger partial charge in [-0.25, -0.2) is 0 Å². The molecule has 6 nitrogen and oxygen atoms in total. The van der Waals surface area contributed by atoms with Gasteiger partial charge in [-0.05, 0) is 32.9 Å². The molecule has 0 saturated heterocycles. The number of nitrogens with zero attached hydrogens (tertiary/aromatic N) is 2. The lowest BCUT2D eigenvalue weighted by molar-refractivity contribution is -0.143. The van der Waals surface area contributed by atoms with Crippen LogP contribution in [0.2, 0.25) is 0 Å². The third-order valence-corrected chi connectivity index (χ3v) is 2.98. The van der Waals surface area contributed by atoms with Crippen LogP contribution in [0, 0.1) is 6.92 Å². The van der Waals surface area contributed by atoms with Gasteiger partial charge in [0.15, 0.2) is 0 Å². The van der Waals surface area contributed by atoms with Gasteiger partial charge in [0.1, 0.15) is 5.54 Å². The van der Waals surface area contributed by atoms with Crippen molar-refractivity contribution in [2.24, 2.45) is 0 Å². The van der Waals surface area contributed by atoms with Crippen LogP contribution in [-0.4, -0.2) is 26.8 Å². The van der Waals surface area contributed by atoms with E-state index in [1.807, 2.05) is 31.2 Å². The Morgan fingerprint density at radius 2 is 1.95 bits per heavy atom. The van der Waals surface area contributed by atoms with E-state index in [9.17, 15) is 4.79 Å². The molecule has 0 aliphatic heterocycles. The molecule has 2 N–H and O–H groups in total. The summed E-state index contributed by atoms with van der Waals surface area (Å²) in [6.07, 6.45) is 0. The molecule has 0 atom stereocenters. The summed E-state index contributed by atoms with van der Waals surface area (Å²) in [5, 5.41) is 19.7. The SMILES string of the molecule is Cc1ccc(-c2nnc(CNC(C)(C)C(=O)O)o2)cc1. The number of nitrogens with one attached hydrogen (secondary N) is 1. The van der Waals surface area contributed by atoms with Gasteiger partial charge >= 0.3 is 5.97 Å². The molecule has 0 bridgehead atoms. The lowest BCUT2D eigenvalue weighted by atomic mass is 10.1. The predicted molar refractivity (Wildman–Crippen MR) is 73.0 cm³/mol. The van der Waals surface area contributed by atoms with Gasteiger partial charge in [0, 0.05) is 5.56 Å². The number of aromatic nitrogens is 2. The first-order valence-electron chi connectivity index (χ1n) is 6.26. The monoisotopic (exact) mass is 275 g/mol. The van der Waals surface area contributed by atoms with E-state index in [-0.39, 0.29) is 6.54 Å². The van der Waals surface area contributed by atoms with Crippen molar-refractivity contribution in [1.82, 2.24) is 15.5 Å². The van der Waals surface area contributed by atoms with Crippen molar-refractivity contribution in [1.29, 1.82) is 0 Å². The maximum Gasteiger partial charge on any atom is 0.323 e. The molecular formula is C14H17N3O3. The lowest BCUT2D eigenvalue weighted by Crippen LogP contribution is -2.46. The van der Waals surface area contributed by atoms with Crippen molar-refractivity contribution in [3.8, 4) is 11.5 Å². The van der Waals surface area contributed by atoms with Gasteiger partial charge in [0.2, 0.25) is 11.8 Å². The van der Waals surface area contributed by atoms with Crippen molar-refractivity contribution in [2.75, 3.05) is 0 Å². The van der Waals surface area contributed by atoms with Gasteiger partial charge in [0.05, 0.1) is 6.54 Å². The summed E-state index contributed by atoms with van der Waals surface area (Å²) in [4.78, 5) is 11.0. The number of hydrogen-bond acceptors (Lipinski definition) is 5. The van der Waals surface area contributed by atoms with Crippen molar-refractivity contribution in [3.63, 3.8) is 0 Å². The maximum absolute atomic E-state index is 11.0. The standard InChI is InChI=1S/C14H17N3O3/c1-9-4-6-10(7-5-9)12-17-16-11(20-12)8-15-14(2,3)13(18)19/h4-7,15H,8H2,1-3H3,(H,18,19). The molecule has 106 valence electrons. The Morgan fingerprint density at radius 1 is 1.30 bits per heavy atom. The van der Waals surface area contributed by atoms with Crippen molar-refractivity contribution >= 4 is 5.97 Å². The van der Waals surface area contributed by atoms with Gasteiger partial charge < -0.3 is 9.52 Å². The molecule has 1 heterocycles. The second-order valence-electron chi connectivity index (χ2n) is 5.15. The third kappa shape index (κ3) is 3.21. The van der Waals surface area contributed by atoms with Crippen molar-refractivity contribution < 1.29 is 14.3 Å². The summed E-state index contributed by atoms with van der Waals surface area (Å²) in [6.45, 7) is 5.36. The number of rotatable bonds is 5. The first kappa shape index (κ1) is 14.2. The first-order chi connectivity index (χ1) is 9.38. The molecule has 2 rings (SSSR count). The molecular weight excluding hydrogens is 258 g/mol. The highest BCUT2D eigenvalue weighted by molar-refractivity contribution is 5.77. The van der Waals surface area contributed by atoms with E-state index in [0.717, 1.165) is 11.1 Å². The zero-order chi connectivity index (χ0) is 14.8. The van der Waals surface area contributed by atoms with E-state index in [1.54, 1.807) is 13.8 Å². The Labute approximate surface area is 116 Å². The Balaban J connectivity index is 2.06. The second kappa shape index (κ2) is 5.42. The molecule has 6 heteroatoms. The second-order valence-corrected chi connectivity index (χ2v) is 5.15. The van der Waals surface area contributed by atoms with Crippen molar-refractivity contribution in [3.05, 3.63) is 35.7 Å². The summed E-state index contributed by atoms with van der Waals surface area (Å²) in [5.74, 6) is -0.152. The highest BCUT2D eigenvalue weighted by atomic mass is 16.4. The van der Waals surface area contributed by atoms with E-state index < -0.39 is 11.5 Å². The lowest BCUT2D eigenvalue weighted by Gasteiger charge is -2.19. The average Bonchev–Trinajstić information content (AvgIpc) is 2.86. The molecule has 0 aliphatic carbocycles. The summed E-state index contributed by atoms with van der Waals surface area (Å²) < 4.78 is 5.51. The molecule has 1 aromatic carbocycles. The molecule has 0 amide bonds. The fraction of sp³-hybridized carbons (Fsp3) is 0.357. The quantitative estimate of drug-likeness (QED) is 0.867. The molecule has 1 aromatic heterocycles. The fourth-order valence-electron chi connectivity index (χ4n) is 1.51. The molecule has 0 aliphatic rings. The predicted octanol–water partition coefficient (Wildman–Crippen LogP) is 2.00. The van der Waals surface area contributed by atoms with Crippen LogP contribution in [0.3, 0.4) is 0 Å². The van der Waals surface area contributed by atoms with Crippen LogP contribution >= 0.6 is 0 Å². The number of aliphatic carboxylic acids is 1. The minimum absolute atomic E-state index is 0.207. The molecule has 0 fully saturated rings. The van der Waals surface area contributed by atoms with Gasteiger partial charge in [0.25, 0.3) is 0 Å². The van der Waals surface area contributed by atoms with E-state index in [2.05, 4.69) is 15.5 Å². The minimum atomic E-state index is -1.04. The number of benzene rings is 1. The normalized spacial score (nSPS) is 11.6. The van der Waals surface area contributed by atoms with Gasteiger partial charge in [-0.2, -0.15) is 0 Å². The molecule has 0 unspecified atom stereocenters. The summed E-state index contributed by atoms with van der Waals surface area (Å²) in [5.41, 5.74) is 0.948. The summed E-state index contributed by atoms with van der Waals surface area (Å²) in [6, 6.07) is 7.73. The van der Waals surface area contributed by atoms with Crippen LogP contribution in [0.25, 0.3) is 11.5 Å². The highest BCUT2D eigenvalue weighted by Crippen LogP contribution is 2.18. The first-order valence-corrected chi connectivity index (χ1v) is 6.26. The Hall–Kier alpha value is -2.21. The minimum Gasteiger partial charge on any atom is -0.480 e. The summed E-state index contributed by atoms with van der Waals surface area (Å²) >= 11 is 0. The number of carbonyl (C=O) groups is 1. The highest BCUT2D eigenvalue weighted by Gasteiger charge is 2.26. The molecule has 0 radical (unpaired) electrons. The smallest absolute Gasteiger partial charge is 0.323 e. The van der Waals surface area contributed by atoms with Crippen LogP contribution in [0.4, 0.5) is 0 Å². The Morgan fingerprint density at radius 3 is 2.55 bits per heavy atom. The van der Waals surface area contributed by atoms with Crippen LogP contribution < -0.4 is 5.32 Å². The Bertz CT molecular complexity index is 602. The largest absolute Gasteiger partial charge is 0.480 e. The van der Waals surface area contributed by atoms with E-state index in [0.29, 0.717) is 11.8 Å². The average molecular weight is 275 g/mol. The van der Waals surface area contributed by atoms with E-state index >= 15 is 0 Å². The van der Waals surface area contributed by atoms with Gasteiger partial charge in [-0.3, -0.25) is 10.1 Å².